The van der Waals surface area contributed by atoms with Gasteiger partial charge in [-0.1, -0.05) is 17.7 Å². The first-order valence-electron chi connectivity index (χ1n) is 6.39. The lowest BCUT2D eigenvalue weighted by molar-refractivity contribution is -0.138. The Morgan fingerprint density at radius 2 is 2.37 bits per heavy atom. The maximum atomic E-state index is 10.9. The minimum absolute atomic E-state index is 0.0958. The highest BCUT2D eigenvalue weighted by molar-refractivity contribution is 6.31. The van der Waals surface area contributed by atoms with E-state index >= 15 is 0 Å². The van der Waals surface area contributed by atoms with Crippen LogP contribution in [0.4, 0.5) is 0 Å². The van der Waals surface area contributed by atoms with Crippen molar-refractivity contribution in [2.75, 3.05) is 13.7 Å². The number of ether oxygens (including phenoxy) is 1. The van der Waals surface area contributed by atoms with Crippen molar-refractivity contribution in [2.24, 2.45) is 0 Å². The fourth-order valence-corrected chi connectivity index (χ4v) is 2.85. The number of hydrogen-bond donors (Lipinski definition) is 1. The molecule has 4 nitrogen and oxygen atoms in total. The zero-order chi connectivity index (χ0) is 13.8. The molecule has 1 N–H and O–H groups in total. The predicted octanol–water partition coefficient (Wildman–Crippen LogP) is 2.79. The van der Waals surface area contributed by atoms with Gasteiger partial charge in [-0.3, -0.25) is 9.69 Å². The Morgan fingerprint density at radius 1 is 1.58 bits per heavy atom. The summed E-state index contributed by atoms with van der Waals surface area (Å²) < 4.78 is 5.33. The third-order valence-corrected chi connectivity index (χ3v) is 3.92. The first kappa shape index (κ1) is 14.2. The summed E-state index contributed by atoms with van der Waals surface area (Å²) in [5, 5.41) is 9.60. The molecule has 1 aromatic rings. The molecule has 1 aromatic carbocycles. The molecule has 1 aliphatic rings. The first-order valence-corrected chi connectivity index (χ1v) is 6.77. The number of halogens is 1. The summed E-state index contributed by atoms with van der Waals surface area (Å²) >= 11 is 6.22. The lowest BCUT2D eigenvalue weighted by Gasteiger charge is -2.24. The number of nitrogens with zero attached hydrogens (tertiary/aromatic N) is 1. The summed E-state index contributed by atoms with van der Waals surface area (Å²) in [5.74, 6) is 0.0106. The van der Waals surface area contributed by atoms with Gasteiger partial charge in [-0.05, 0) is 31.5 Å². The van der Waals surface area contributed by atoms with E-state index in [4.69, 9.17) is 21.4 Å². The van der Waals surface area contributed by atoms with Gasteiger partial charge in [0.25, 0.3) is 0 Å². The Bertz CT molecular complexity index is 464. The summed E-state index contributed by atoms with van der Waals surface area (Å²) in [6.45, 7) is 1.55. The number of carbonyl (C=O) groups is 1. The first-order chi connectivity index (χ1) is 9.11. The van der Waals surface area contributed by atoms with E-state index in [9.17, 15) is 4.79 Å². The van der Waals surface area contributed by atoms with Gasteiger partial charge in [-0.15, -0.1) is 0 Å². The minimum Gasteiger partial charge on any atom is -0.496 e. The SMILES string of the molecule is COc1cccc(Cl)c1CN1CCCC1CC(=O)O. The van der Waals surface area contributed by atoms with Crippen molar-refractivity contribution in [1.82, 2.24) is 4.90 Å². The maximum Gasteiger partial charge on any atom is 0.304 e. The molecule has 1 atom stereocenters. The third kappa shape index (κ3) is 3.39. The maximum absolute atomic E-state index is 10.9. The van der Waals surface area contributed by atoms with E-state index in [0.29, 0.717) is 11.6 Å². The molecular formula is C14H18ClNO3. The molecule has 19 heavy (non-hydrogen) atoms. The topological polar surface area (TPSA) is 49.8 Å². The second-order valence-electron chi connectivity index (χ2n) is 4.79. The van der Waals surface area contributed by atoms with E-state index < -0.39 is 5.97 Å². The van der Waals surface area contributed by atoms with Crippen LogP contribution < -0.4 is 4.74 Å². The largest absolute Gasteiger partial charge is 0.496 e. The number of methoxy groups -OCH3 is 1. The lowest BCUT2D eigenvalue weighted by Crippen LogP contribution is -2.31. The standard InChI is InChI=1S/C14H18ClNO3/c1-19-13-6-2-5-12(15)11(13)9-16-7-3-4-10(16)8-14(17)18/h2,5-6,10H,3-4,7-9H2,1H3,(H,17,18). The van der Waals surface area contributed by atoms with E-state index in [1.54, 1.807) is 7.11 Å². The van der Waals surface area contributed by atoms with Gasteiger partial charge in [0.15, 0.2) is 0 Å². The predicted molar refractivity (Wildman–Crippen MR) is 73.7 cm³/mol. The summed E-state index contributed by atoms with van der Waals surface area (Å²) in [6.07, 6.45) is 2.15. The Kier molecular flexibility index (Phi) is 4.66. The van der Waals surface area contributed by atoms with Crippen LogP contribution in [-0.2, 0) is 11.3 Å². The summed E-state index contributed by atoms with van der Waals surface area (Å²) in [5.41, 5.74) is 0.934. The van der Waals surface area contributed by atoms with Crippen LogP contribution in [0.15, 0.2) is 18.2 Å². The fraction of sp³-hybridized carbons (Fsp3) is 0.500. The molecule has 1 fully saturated rings. The number of carboxylic acids is 1. The third-order valence-electron chi connectivity index (χ3n) is 3.57. The number of rotatable bonds is 5. The van der Waals surface area contributed by atoms with E-state index in [1.165, 1.54) is 0 Å². The van der Waals surface area contributed by atoms with Crippen LogP contribution in [-0.4, -0.2) is 35.7 Å². The van der Waals surface area contributed by atoms with Crippen molar-refractivity contribution in [3.05, 3.63) is 28.8 Å². The van der Waals surface area contributed by atoms with Gasteiger partial charge in [0.1, 0.15) is 5.75 Å². The Balaban J connectivity index is 2.14. The van der Waals surface area contributed by atoms with Crippen molar-refractivity contribution in [3.8, 4) is 5.75 Å². The average Bonchev–Trinajstić information content (AvgIpc) is 2.78. The summed E-state index contributed by atoms with van der Waals surface area (Å²) in [6, 6.07) is 5.66. The molecular weight excluding hydrogens is 266 g/mol. The highest BCUT2D eigenvalue weighted by Gasteiger charge is 2.27. The molecule has 104 valence electrons. The lowest BCUT2D eigenvalue weighted by atomic mass is 10.1. The molecule has 2 rings (SSSR count). The molecule has 0 radical (unpaired) electrons. The molecule has 1 saturated heterocycles. The van der Waals surface area contributed by atoms with Crippen LogP contribution in [0.1, 0.15) is 24.8 Å². The smallest absolute Gasteiger partial charge is 0.304 e. The second kappa shape index (κ2) is 6.26. The molecule has 5 heteroatoms. The van der Waals surface area contributed by atoms with Crippen molar-refractivity contribution in [2.45, 2.75) is 31.8 Å². The van der Waals surface area contributed by atoms with E-state index in [0.717, 1.165) is 30.7 Å². The average molecular weight is 284 g/mol. The van der Waals surface area contributed by atoms with Crippen molar-refractivity contribution >= 4 is 17.6 Å². The van der Waals surface area contributed by atoms with Crippen molar-refractivity contribution in [3.63, 3.8) is 0 Å². The minimum atomic E-state index is -0.747. The molecule has 1 heterocycles. The summed E-state index contributed by atoms with van der Waals surface area (Å²) in [4.78, 5) is 13.0. The number of hydrogen-bond acceptors (Lipinski definition) is 3. The fourth-order valence-electron chi connectivity index (χ4n) is 2.62. The van der Waals surface area contributed by atoms with Gasteiger partial charge in [0, 0.05) is 23.2 Å². The van der Waals surface area contributed by atoms with Crippen LogP contribution in [0.3, 0.4) is 0 Å². The molecule has 0 aromatic heterocycles. The Hall–Kier alpha value is -1.26. The quantitative estimate of drug-likeness (QED) is 0.903. The Morgan fingerprint density at radius 3 is 3.05 bits per heavy atom. The second-order valence-corrected chi connectivity index (χ2v) is 5.19. The van der Waals surface area contributed by atoms with E-state index in [1.807, 2.05) is 18.2 Å². The van der Waals surface area contributed by atoms with Crippen LogP contribution >= 0.6 is 11.6 Å². The van der Waals surface area contributed by atoms with Gasteiger partial charge in [-0.2, -0.15) is 0 Å². The van der Waals surface area contributed by atoms with Gasteiger partial charge >= 0.3 is 5.97 Å². The molecule has 1 unspecified atom stereocenters. The van der Waals surface area contributed by atoms with Crippen molar-refractivity contribution < 1.29 is 14.6 Å². The normalized spacial score (nSPS) is 19.6. The summed E-state index contributed by atoms with van der Waals surface area (Å²) in [7, 11) is 1.62. The monoisotopic (exact) mass is 283 g/mol. The highest BCUT2D eigenvalue weighted by atomic mass is 35.5. The van der Waals surface area contributed by atoms with Crippen molar-refractivity contribution in [1.29, 1.82) is 0 Å². The van der Waals surface area contributed by atoms with Crippen LogP contribution in [0.25, 0.3) is 0 Å². The van der Waals surface area contributed by atoms with Crippen LogP contribution in [0, 0.1) is 0 Å². The molecule has 0 saturated carbocycles. The molecule has 0 amide bonds. The van der Waals surface area contributed by atoms with Gasteiger partial charge < -0.3 is 9.84 Å². The number of benzene rings is 1. The van der Waals surface area contributed by atoms with E-state index in [2.05, 4.69) is 4.90 Å². The van der Waals surface area contributed by atoms with Gasteiger partial charge in [0.05, 0.1) is 13.5 Å². The van der Waals surface area contributed by atoms with Crippen LogP contribution in [0.2, 0.25) is 5.02 Å². The van der Waals surface area contributed by atoms with Gasteiger partial charge in [-0.25, -0.2) is 0 Å². The van der Waals surface area contributed by atoms with Gasteiger partial charge in [0.2, 0.25) is 0 Å². The molecule has 0 bridgehead atoms. The molecule has 1 aliphatic heterocycles. The number of likely N-dealkylation sites (tertiary alicyclic amines) is 1. The molecule has 0 spiro atoms. The molecule has 0 aliphatic carbocycles. The van der Waals surface area contributed by atoms with Crippen LogP contribution in [0.5, 0.6) is 5.75 Å². The zero-order valence-electron chi connectivity index (χ0n) is 10.9. The number of carboxylic acid groups (broad SMARTS) is 1. The zero-order valence-corrected chi connectivity index (χ0v) is 11.7. The number of aliphatic carboxylic acids is 1. The highest BCUT2D eigenvalue weighted by Crippen LogP contribution is 2.31. The van der Waals surface area contributed by atoms with E-state index in [-0.39, 0.29) is 12.5 Å². The Labute approximate surface area is 117 Å².